The third-order valence-corrected chi connectivity index (χ3v) is 5.43. The van der Waals surface area contributed by atoms with Crippen LogP contribution in [-0.2, 0) is 6.54 Å². The molecular weight excluding hydrogens is 342 g/mol. The van der Waals surface area contributed by atoms with Gasteiger partial charge in [0.1, 0.15) is 5.82 Å². The first kappa shape index (κ1) is 18.9. The zero-order valence-electron chi connectivity index (χ0n) is 16.0. The Morgan fingerprint density at radius 2 is 1.77 bits per heavy atom. The fraction of sp³-hybridized carbons (Fsp3) is 0.409. The highest BCUT2D eigenvalue weighted by Crippen LogP contribution is 2.31. The van der Waals surface area contributed by atoms with Gasteiger partial charge in [0.2, 0.25) is 0 Å². The van der Waals surface area contributed by atoms with E-state index in [1.54, 1.807) is 0 Å². The van der Waals surface area contributed by atoms with E-state index in [0.29, 0.717) is 5.92 Å². The summed E-state index contributed by atoms with van der Waals surface area (Å²) in [4.78, 5) is 7.46. The van der Waals surface area contributed by atoms with Crippen LogP contribution < -0.4 is 0 Å². The van der Waals surface area contributed by atoms with E-state index < -0.39 is 0 Å². The summed E-state index contributed by atoms with van der Waals surface area (Å²) >= 11 is 6.30. The van der Waals surface area contributed by atoms with Crippen molar-refractivity contribution in [2.75, 3.05) is 19.6 Å². The van der Waals surface area contributed by atoms with Crippen LogP contribution in [0, 0.1) is 0 Å². The van der Waals surface area contributed by atoms with E-state index >= 15 is 0 Å². The molecule has 0 fully saturated rings. The Bertz CT molecular complexity index is 837. The molecule has 1 atom stereocenters. The van der Waals surface area contributed by atoms with Gasteiger partial charge in [-0.25, -0.2) is 4.98 Å². The predicted octanol–water partition coefficient (Wildman–Crippen LogP) is 5.57. The molecule has 0 aliphatic rings. The Hall–Kier alpha value is -1.84. The number of benzene rings is 2. The second-order valence-corrected chi connectivity index (χ2v) is 7.09. The van der Waals surface area contributed by atoms with Crippen LogP contribution >= 0.6 is 11.6 Å². The standard InChI is InChI=1S/C22H28ClN3/c1-4-19(17-10-8-7-9-11-17)22-24-20-13-12-18(23)16-21(20)26(22)15-14-25(5-2)6-3/h7-13,16,19H,4-6,14-15H2,1-3H3. The van der Waals surface area contributed by atoms with E-state index in [1.165, 1.54) is 5.56 Å². The molecule has 0 saturated heterocycles. The van der Waals surface area contributed by atoms with Gasteiger partial charge in [-0.3, -0.25) is 0 Å². The van der Waals surface area contributed by atoms with Gasteiger partial charge in [-0.05, 0) is 43.3 Å². The van der Waals surface area contributed by atoms with Gasteiger partial charge in [0.25, 0.3) is 0 Å². The number of likely N-dealkylation sites (N-methyl/N-ethyl adjacent to an activating group) is 1. The Kier molecular flexibility index (Phi) is 6.33. The van der Waals surface area contributed by atoms with Gasteiger partial charge < -0.3 is 9.47 Å². The molecule has 0 aliphatic carbocycles. The molecule has 138 valence electrons. The number of fused-ring (bicyclic) bond motifs is 1. The fourth-order valence-corrected chi connectivity index (χ4v) is 3.82. The fourth-order valence-electron chi connectivity index (χ4n) is 3.65. The summed E-state index contributed by atoms with van der Waals surface area (Å²) < 4.78 is 2.38. The predicted molar refractivity (Wildman–Crippen MR) is 111 cm³/mol. The van der Waals surface area contributed by atoms with Crippen LogP contribution in [0.4, 0.5) is 0 Å². The lowest BCUT2D eigenvalue weighted by Gasteiger charge is -2.22. The lowest BCUT2D eigenvalue weighted by Crippen LogP contribution is -2.27. The first-order valence-corrected chi connectivity index (χ1v) is 9.98. The maximum Gasteiger partial charge on any atom is 0.117 e. The van der Waals surface area contributed by atoms with Crippen LogP contribution in [0.2, 0.25) is 5.02 Å². The van der Waals surface area contributed by atoms with Gasteiger partial charge in [-0.2, -0.15) is 0 Å². The molecule has 1 aromatic heterocycles. The van der Waals surface area contributed by atoms with Crippen molar-refractivity contribution in [1.29, 1.82) is 0 Å². The lowest BCUT2D eigenvalue weighted by atomic mass is 9.95. The summed E-state index contributed by atoms with van der Waals surface area (Å²) in [6.45, 7) is 10.7. The highest BCUT2D eigenvalue weighted by molar-refractivity contribution is 6.31. The summed E-state index contributed by atoms with van der Waals surface area (Å²) in [6, 6.07) is 16.7. The zero-order chi connectivity index (χ0) is 18.5. The molecule has 0 N–H and O–H groups in total. The molecule has 3 aromatic rings. The van der Waals surface area contributed by atoms with E-state index in [-0.39, 0.29) is 0 Å². The van der Waals surface area contributed by atoms with Crippen molar-refractivity contribution < 1.29 is 0 Å². The first-order chi connectivity index (χ1) is 12.7. The van der Waals surface area contributed by atoms with Crippen molar-refractivity contribution >= 4 is 22.6 Å². The maximum absolute atomic E-state index is 6.30. The summed E-state index contributed by atoms with van der Waals surface area (Å²) in [5.74, 6) is 1.43. The van der Waals surface area contributed by atoms with Crippen LogP contribution in [0.3, 0.4) is 0 Å². The van der Waals surface area contributed by atoms with Crippen LogP contribution in [0.25, 0.3) is 11.0 Å². The molecule has 0 bridgehead atoms. The van der Waals surface area contributed by atoms with Crippen LogP contribution in [0.5, 0.6) is 0 Å². The highest BCUT2D eigenvalue weighted by atomic mass is 35.5. The molecule has 0 amide bonds. The Labute approximate surface area is 161 Å². The summed E-state index contributed by atoms with van der Waals surface area (Å²) in [6.07, 6.45) is 1.02. The molecule has 4 heteroatoms. The average molecular weight is 370 g/mol. The van der Waals surface area contributed by atoms with E-state index in [1.807, 2.05) is 18.2 Å². The van der Waals surface area contributed by atoms with Crippen molar-refractivity contribution in [1.82, 2.24) is 14.5 Å². The molecule has 1 heterocycles. The minimum atomic E-state index is 0.291. The third kappa shape index (κ3) is 3.94. The van der Waals surface area contributed by atoms with Crippen molar-refractivity contribution in [3.05, 3.63) is 64.9 Å². The number of halogens is 1. The number of imidazole rings is 1. The van der Waals surface area contributed by atoms with Gasteiger partial charge in [0.15, 0.2) is 0 Å². The van der Waals surface area contributed by atoms with Gasteiger partial charge in [0.05, 0.1) is 11.0 Å². The van der Waals surface area contributed by atoms with E-state index in [0.717, 1.165) is 54.5 Å². The molecule has 0 aliphatic heterocycles. The zero-order valence-corrected chi connectivity index (χ0v) is 16.7. The average Bonchev–Trinajstić information content (AvgIpc) is 3.02. The Balaban J connectivity index is 2.06. The third-order valence-electron chi connectivity index (χ3n) is 5.20. The summed E-state index contributed by atoms with van der Waals surface area (Å²) in [7, 11) is 0. The van der Waals surface area contributed by atoms with Crippen molar-refractivity contribution in [2.24, 2.45) is 0 Å². The van der Waals surface area contributed by atoms with Crippen molar-refractivity contribution in [3.8, 4) is 0 Å². The Morgan fingerprint density at radius 1 is 1.04 bits per heavy atom. The Morgan fingerprint density at radius 3 is 2.42 bits per heavy atom. The lowest BCUT2D eigenvalue weighted by molar-refractivity contribution is 0.290. The van der Waals surface area contributed by atoms with Gasteiger partial charge in [0, 0.05) is 24.0 Å². The molecule has 26 heavy (non-hydrogen) atoms. The maximum atomic E-state index is 6.30. The van der Waals surface area contributed by atoms with Crippen LogP contribution in [0.1, 0.15) is 44.5 Å². The molecule has 0 saturated carbocycles. The van der Waals surface area contributed by atoms with Crippen LogP contribution in [0.15, 0.2) is 48.5 Å². The van der Waals surface area contributed by atoms with Crippen molar-refractivity contribution in [3.63, 3.8) is 0 Å². The largest absolute Gasteiger partial charge is 0.326 e. The number of hydrogen-bond donors (Lipinski definition) is 0. The number of hydrogen-bond acceptors (Lipinski definition) is 2. The quantitative estimate of drug-likeness (QED) is 0.517. The monoisotopic (exact) mass is 369 g/mol. The topological polar surface area (TPSA) is 21.1 Å². The first-order valence-electron chi connectivity index (χ1n) is 9.60. The van der Waals surface area contributed by atoms with Gasteiger partial charge >= 0.3 is 0 Å². The van der Waals surface area contributed by atoms with Gasteiger partial charge in [-0.15, -0.1) is 0 Å². The SMILES string of the molecule is CCC(c1ccccc1)c1nc2ccc(Cl)cc2n1CCN(CC)CC. The van der Waals surface area contributed by atoms with E-state index in [4.69, 9.17) is 16.6 Å². The molecular formula is C22H28ClN3. The van der Waals surface area contributed by atoms with Gasteiger partial charge in [-0.1, -0.05) is 62.7 Å². The van der Waals surface area contributed by atoms with Crippen LogP contribution in [-0.4, -0.2) is 34.1 Å². The smallest absolute Gasteiger partial charge is 0.117 e. The molecule has 3 rings (SSSR count). The molecule has 0 radical (unpaired) electrons. The number of aromatic nitrogens is 2. The summed E-state index contributed by atoms with van der Waals surface area (Å²) in [5.41, 5.74) is 3.48. The minimum Gasteiger partial charge on any atom is -0.326 e. The summed E-state index contributed by atoms with van der Waals surface area (Å²) in [5, 5.41) is 0.765. The molecule has 1 unspecified atom stereocenters. The number of rotatable bonds is 8. The molecule has 0 spiro atoms. The van der Waals surface area contributed by atoms with E-state index in [2.05, 4.69) is 60.6 Å². The molecule has 2 aromatic carbocycles. The minimum absolute atomic E-state index is 0.291. The molecule has 3 nitrogen and oxygen atoms in total. The number of nitrogens with zero attached hydrogens (tertiary/aromatic N) is 3. The van der Waals surface area contributed by atoms with Crippen molar-refractivity contribution in [2.45, 2.75) is 39.7 Å². The second-order valence-electron chi connectivity index (χ2n) is 6.65. The normalized spacial score (nSPS) is 12.8. The second kappa shape index (κ2) is 8.70. The van der Waals surface area contributed by atoms with E-state index in [9.17, 15) is 0 Å². The highest BCUT2D eigenvalue weighted by Gasteiger charge is 2.21.